The van der Waals surface area contributed by atoms with Gasteiger partial charge in [-0.05, 0) is 23.9 Å². The van der Waals surface area contributed by atoms with Gasteiger partial charge in [-0.3, -0.25) is 4.79 Å². The van der Waals surface area contributed by atoms with E-state index in [0.717, 1.165) is 5.00 Å². The van der Waals surface area contributed by atoms with Gasteiger partial charge in [0.05, 0.1) is 5.00 Å². The van der Waals surface area contributed by atoms with E-state index in [-0.39, 0.29) is 11.8 Å². The van der Waals surface area contributed by atoms with Gasteiger partial charge in [-0.15, -0.1) is 11.3 Å². The number of rotatable bonds is 2. The highest BCUT2D eigenvalue weighted by molar-refractivity contribution is 7.14. The van der Waals surface area contributed by atoms with Crippen LogP contribution in [0.15, 0.2) is 11.4 Å². The third-order valence-corrected chi connectivity index (χ3v) is 2.46. The maximum Gasteiger partial charge on any atom is 0.227 e. The minimum absolute atomic E-state index is 0.0485. The van der Waals surface area contributed by atoms with Gasteiger partial charge >= 0.3 is 0 Å². The maximum atomic E-state index is 11.2. The van der Waals surface area contributed by atoms with Crippen LogP contribution >= 0.6 is 11.3 Å². The monoisotopic (exact) mass is 183 g/mol. The van der Waals surface area contributed by atoms with E-state index in [4.69, 9.17) is 0 Å². The number of amides is 1. The Morgan fingerprint density at radius 2 is 2.25 bits per heavy atom. The molecule has 0 radical (unpaired) electrons. The molecule has 1 aromatic heterocycles. The van der Waals surface area contributed by atoms with E-state index >= 15 is 0 Å². The lowest BCUT2D eigenvalue weighted by molar-refractivity contribution is -0.118. The van der Waals surface area contributed by atoms with Gasteiger partial charge in [0.1, 0.15) is 0 Å². The van der Waals surface area contributed by atoms with Crippen LogP contribution in [0.5, 0.6) is 0 Å². The van der Waals surface area contributed by atoms with Crippen LogP contribution in [0.4, 0.5) is 5.00 Å². The highest BCUT2D eigenvalue weighted by Crippen LogP contribution is 2.19. The minimum atomic E-state index is 0.0485. The summed E-state index contributed by atoms with van der Waals surface area (Å²) in [5, 5.41) is 5.80. The molecule has 0 spiro atoms. The summed E-state index contributed by atoms with van der Waals surface area (Å²) < 4.78 is 0. The molecule has 2 nitrogen and oxygen atoms in total. The fourth-order valence-corrected chi connectivity index (χ4v) is 1.56. The summed E-state index contributed by atoms with van der Waals surface area (Å²) in [6.45, 7) is 5.78. The summed E-state index contributed by atoms with van der Waals surface area (Å²) in [5.41, 5.74) is 1.19. The second kappa shape index (κ2) is 3.72. The molecule has 0 aromatic carbocycles. The zero-order valence-corrected chi connectivity index (χ0v) is 8.37. The molecule has 0 aliphatic rings. The lowest BCUT2D eigenvalue weighted by Gasteiger charge is -2.03. The third-order valence-electron chi connectivity index (χ3n) is 1.50. The van der Waals surface area contributed by atoms with Gasteiger partial charge in [0.2, 0.25) is 5.91 Å². The molecule has 0 bridgehead atoms. The van der Waals surface area contributed by atoms with Gasteiger partial charge in [-0.25, -0.2) is 0 Å². The highest BCUT2D eigenvalue weighted by atomic mass is 32.1. The molecule has 1 heterocycles. The van der Waals surface area contributed by atoms with E-state index in [1.807, 2.05) is 32.2 Å². The quantitative estimate of drug-likeness (QED) is 0.750. The molecular weight excluding hydrogens is 170 g/mol. The van der Waals surface area contributed by atoms with Crippen molar-refractivity contribution in [1.82, 2.24) is 0 Å². The number of nitrogens with one attached hydrogen (secondary N) is 1. The Morgan fingerprint density at radius 1 is 1.58 bits per heavy atom. The van der Waals surface area contributed by atoms with Crippen LogP contribution in [-0.2, 0) is 4.79 Å². The zero-order chi connectivity index (χ0) is 9.14. The molecule has 0 fully saturated rings. The van der Waals surface area contributed by atoms with Gasteiger partial charge in [0.15, 0.2) is 0 Å². The summed E-state index contributed by atoms with van der Waals surface area (Å²) in [6.07, 6.45) is 0. The van der Waals surface area contributed by atoms with Crippen molar-refractivity contribution in [3.05, 3.63) is 17.0 Å². The van der Waals surface area contributed by atoms with Crippen LogP contribution in [0.3, 0.4) is 0 Å². The predicted octanol–water partition coefficient (Wildman–Crippen LogP) is 2.65. The second-order valence-electron chi connectivity index (χ2n) is 3.13. The van der Waals surface area contributed by atoms with Crippen LogP contribution in [0.25, 0.3) is 0 Å². The first-order chi connectivity index (χ1) is 5.59. The fraction of sp³-hybridized carbons (Fsp3) is 0.444. The Morgan fingerprint density at radius 3 is 2.67 bits per heavy atom. The molecule has 1 N–H and O–H groups in total. The number of anilines is 1. The molecule has 0 unspecified atom stereocenters. The zero-order valence-electron chi connectivity index (χ0n) is 7.55. The van der Waals surface area contributed by atoms with Crippen molar-refractivity contribution < 1.29 is 4.79 Å². The molecule has 0 aliphatic heterocycles. The lowest BCUT2D eigenvalue weighted by Crippen LogP contribution is -2.16. The van der Waals surface area contributed by atoms with E-state index < -0.39 is 0 Å². The Balaban J connectivity index is 2.58. The maximum absolute atomic E-state index is 11.2. The second-order valence-corrected chi connectivity index (χ2v) is 4.04. The van der Waals surface area contributed by atoms with E-state index in [9.17, 15) is 4.79 Å². The molecule has 1 rings (SSSR count). The Kier molecular flexibility index (Phi) is 2.87. The number of hydrogen-bond acceptors (Lipinski definition) is 2. The standard InChI is InChI=1S/C9H13NOS/c1-6(2)9(11)10-8-4-7(3)5-12-8/h4-6H,1-3H3,(H,10,11). The molecule has 66 valence electrons. The first kappa shape index (κ1) is 9.26. The molecule has 1 aromatic rings. The van der Waals surface area contributed by atoms with E-state index in [2.05, 4.69) is 5.32 Å². The summed E-state index contributed by atoms with van der Waals surface area (Å²) >= 11 is 1.56. The SMILES string of the molecule is Cc1csc(NC(=O)C(C)C)c1. The van der Waals surface area contributed by atoms with Crippen molar-refractivity contribution in [3.63, 3.8) is 0 Å². The number of hydrogen-bond donors (Lipinski definition) is 1. The molecular formula is C9H13NOS. The molecule has 12 heavy (non-hydrogen) atoms. The molecule has 0 saturated heterocycles. The van der Waals surface area contributed by atoms with Gasteiger partial charge in [0.25, 0.3) is 0 Å². The summed E-state index contributed by atoms with van der Waals surface area (Å²) in [5.74, 6) is 0.129. The minimum Gasteiger partial charge on any atom is -0.317 e. The largest absolute Gasteiger partial charge is 0.317 e. The van der Waals surface area contributed by atoms with E-state index in [1.54, 1.807) is 11.3 Å². The van der Waals surface area contributed by atoms with Gasteiger partial charge in [-0.2, -0.15) is 0 Å². The van der Waals surface area contributed by atoms with Crippen molar-refractivity contribution in [3.8, 4) is 0 Å². The molecule has 0 aliphatic carbocycles. The fourth-order valence-electron chi connectivity index (χ4n) is 0.763. The number of carbonyl (C=O) groups excluding carboxylic acids is 1. The number of aryl methyl sites for hydroxylation is 1. The molecule has 3 heteroatoms. The van der Waals surface area contributed by atoms with Crippen molar-refractivity contribution in [2.24, 2.45) is 5.92 Å². The normalized spacial score (nSPS) is 10.3. The summed E-state index contributed by atoms with van der Waals surface area (Å²) in [4.78, 5) is 11.2. The van der Waals surface area contributed by atoms with Crippen LogP contribution in [-0.4, -0.2) is 5.91 Å². The summed E-state index contributed by atoms with van der Waals surface area (Å²) in [7, 11) is 0. The van der Waals surface area contributed by atoms with Crippen LogP contribution in [0, 0.1) is 12.8 Å². The van der Waals surface area contributed by atoms with Crippen molar-refractivity contribution in [2.45, 2.75) is 20.8 Å². The Hall–Kier alpha value is -0.830. The third kappa shape index (κ3) is 2.34. The highest BCUT2D eigenvalue weighted by Gasteiger charge is 2.07. The average Bonchev–Trinajstić information content (AvgIpc) is 2.35. The molecule has 0 saturated carbocycles. The first-order valence-corrected chi connectivity index (χ1v) is 4.83. The Bertz CT molecular complexity index is 278. The van der Waals surface area contributed by atoms with Gasteiger partial charge in [-0.1, -0.05) is 13.8 Å². The van der Waals surface area contributed by atoms with Crippen LogP contribution in [0.1, 0.15) is 19.4 Å². The Labute approximate surface area is 76.6 Å². The molecule has 0 atom stereocenters. The number of carbonyl (C=O) groups is 1. The topological polar surface area (TPSA) is 29.1 Å². The molecule has 1 amide bonds. The van der Waals surface area contributed by atoms with Crippen molar-refractivity contribution in [2.75, 3.05) is 5.32 Å². The van der Waals surface area contributed by atoms with E-state index in [0.29, 0.717) is 0 Å². The number of thiophene rings is 1. The van der Waals surface area contributed by atoms with Gasteiger partial charge in [0, 0.05) is 5.92 Å². The van der Waals surface area contributed by atoms with Crippen molar-refractivity contribution >= 4 is 22.2 Å². The van der Waals surface area contributed by atoms with E-state index in [1.165, 1.54) is 5.56 Å². The van der Waals surface area contributed by atoms with Crippen LogP contribution in [0.2, 0.25) is 0 Å². The average molecular weight is 183 g/mol. The summed E-state index contributed by atoms with van der Waals surface area (Å²) in [6, 6.07) is 1.98. The van der Waals surface area contributed by atoms with Crippen LogP contribution < -0.4 is 5.32 Å². The van der Waals surface area contributed by atoms with Crippen molar-refractivity contribution in [1.29, 1.82) is 0 Å². The first-order valence-electron chi connectivity index (χ1n) is 3.95. The van der Waals surface area contributed by atoms with Gasteiger partial charge < -0.3 is 5.32 Å². The smallest absolute Gasteiger partial charge is 0.227 e. The predicted molar refractivity (Wildman–Crippen MR) is 52.5 cm³/mol. The lowest BCUT2D eigenvalue weighted by atomic mass is 10.2.